The molecule has 0 aliphatic carbocycles. The molecule has 0 saturated carbocycles. The van der Waals surface area contributed by atoms with Gasteiger partial charge in [-0.1, -0.05) is 18.2 Å². The number of hydrogen-bond acceptors (Lipinski definition) is 3. The van der Waals surface area contributed by atoms with E-state index in [0.717, 1.165) is 0 Å². The summed E-state index contributed by atoms with van der Waals surface area (Å²) >= 11 is 0. The van der Waals surface area contributed by atoms with Gasteiger partial charge in [-0.15, -0.1) is 0 Å². The fourth-order valence-electron chi connectivity index (χ4n) is 2.65. The number of amides is 1. The molecule has 5 nitrogen and oxygen atoms in total. The number of piperidine rings is 1. The monoisotopic (exact) mass is 328 g/mol. The topological polar surface area (TPSA) is 57.7 Å². The highest BCUT2D eigenvalue weighted by molar-refractivity contribution is 7.88. The predicted octanol–water partition coefficient (Wildman–Crippen LogP) is 1.46. The Morgan fingerprint density at radius 1 is 1.27 bits per heavy atom. The van der Waals surface area contributed by atoms with Crippen LogP contribution in [0.25, 0.3) is 0 Å². The van der Waals surface area contributed by atoms with Gasteiger partial charge < -0.3 is 4.90 Å². The van der Waals surface area contributed by atoms with Crippen LogP contribution in [0.1, 0.15) is 18.4 Å². The Kier molecular flexibility index (Phi) is 5.18. The number of rotatable bonds is 4. The molecule has 1 aromatic rings. The molecular weight excluding hydrogens is 307 g/mol. The highest BCUT2D eigenvalue weighted by Crippen LogP contribution is 2.23. The molecule has 1 saturated heterocycles. The highest BCUT2D eigenvalue weighted by Gasteiger charge is 2.32. The maximum atomic E-state index is 13.6. The van der Waals surface area contributed by atoms with Crippen LogP contribution in [0, 0.1) is 11.7 Å². The Morgan fingerprint density at radius 3 is 2.41 bits per heavy atom. The first-order valence-corrected chi connectivity index (χ1v) is 8.84. The van der Waals surface area contributed by atoms with E-state index in [1.165, 1.54) is 27.4 Å². The average Bonchev–Trinajstić information content (AvgIpc) is 2.49. The van der Waals surface area contributed by atoms with Gasteiger partial charge in [0.2, 0.25) is 15.9 Å². The molecule has 7 heteroatoms. The molecule has 1 aromatic carbocycles. The quantitative estimate of drug-likeness (QED) is 0.841. The first-order chi connectivity index (χ1) is 10.3. The van der Waals surface area contributed by atoms with Crippen molar-refractivity contribution >= 4 is 15.9 Å². The summed E-state index contributed by atoms with van der Waals surface area (Å²) in [6.07, 6.45) is 1.01. The maximum absolute atomic E-state index is 13.6. The van der Waals surface area contributed by atoms with Crippen molar-refractivity contribution in [1.29, 1.82) is 0 Å². The van der Waals surface area contributed by atoms with E-state index in [4.69, 9.17) is 0 Å². The minimum absolute atomic E-state index is 0.0335. The Hall–Kier alpha value is -1.47. The molecule has 1 aliphatic rings. The number of nitrogens with zero attached hydrogens (tertiary/aromatic N) is 2. The summed E-state index contributed by atoms with van der Waals surface area (Å²) in [5.41, 5.74) is 0.175. The number of hydrogen-bond donors (Lipinski definition) is 0. The second kappa shape index (κ2) is 6.75. The molecule has 22 heavy (non-hydrogen) atoms. The fraction of sp³-hybridized carbons (Fsp3) is 0.533. The Labute approximate surface area is 130 Å². The lowest BCUT2D eigenvalue weighted by atomic mass is 9.97. The van der Waals surface area contributed by atoms with Gasteiger partial charge in [0.05, 0.1) is 5.75 Å². The van der Waals surface area contributed by atoms with Crippen LogP contribution in [0.5, 0.6) is 0 Å². The van der Waals surface area contributed by atoms with Crippen LogP contribution in [0.2, 0.25) is 0 Å². The smallest absolute Gasteiger partial charge is 0.225 e. The van der Waals surface area contributed by atoms with E-state index < -0.39 is 15.8 Å². The van der Waals surface area contributed by atoms with Gasteiger partial charge in [-0.05, 0) is 18.9 Å². The molecule has 1 fully saturated rings. The summed E-state index contributed by atoms with van der Waals surface area (Å²) in [5, 5.41) is 0. The van der Waals surface area contributed by atoms with Crippen LogP contribution < -0.4 is 0 Å². The lowest BCUT2D eigenvalue weighted by Gasteiger charge is -2.31. The van der Waals surface area contributed by atoms with E-state index in [1.54, 1.807) is 20.2 Å². The normalized spacial score (nSPS) is 17.4. The molecule has 1 aliphatic heterocycles. The molecule has 1 amide bonds. The Balaban J connectivity index is 2.01. The van der Waals surface area contributed by atoms with Crippen molar-refractivity contribution < 1.29 is 17.6 Å². The van der Waals surface area contributed by atoms with Gasteiger partial charge in [0, 0.05) is 38.7 Å². The van der Waals surface area contributed by atoms with Crippen molar-refractivity contribution in [2.75, 3.05) is 27.2 Å². The summed E-state index contributed by atoms with van der Waals surface area (Å²) in [6, 6.07) is 5.89. The van der Waals surface area contributed by atoms with Crippen molar-refractivity contribution in [2.24, 2.45) is 5.92 Å². The van der Waals surface area contributed by atoms with Crippen LogP contribution in [0.4, 0.5) is 4.39 Å². The third kappa shape index (κ3) is 3.84. The van der Waals surface area contributed by atoms with Gasteiger partial charge in [0.15, 0.2) is 0 Å². The molecule has 0 bridgehead atoms. The van der Waals surface area contributed by atoms with Crippen LogP contribution >= 0.6 is 0 Å². The van der Waals surface area contributed by atoms with Gasteiger partial charge in [-0.3, -0.25) is 4.79 Å². The summed E-state index contributed by atoms with van der Waals surface area (Å²) in [5.74, 6) is -0.948. The van der Waals surface area contributed by atoms with E-state index in [1.807, 2.05) is 0 Å². The number of benzene rings is 1. The molecule has 1 heterocycles. The zero-order valence-electron chi connectivity index (χ0n) is 12.8. The van der Waals surface area contributed by atoms with Gasteiger partial charge in [-0.25, -0.2) is 17.1 Å². The third-order valence-corrected chi connectivity index (χ3v) is 5.76. The highest BCUT2D eigenvalue weighted by atomic mass is 32.2. The second-order valence-corrected chi connectivity index (χ2v) is 7.72. The molecule has 2 rings (SSSR count). The van der Waals surface area contributed by atoms with Gasteiger partial charge in [0.25, 0.3) is 0 Å². The number of sulfonamides is 1. The largest absolute Gasteiger partial charge is 0.349 e. The van der Waals surface area contributed by atoms with Gasteiger partial charge in [-0.2, -0.15) is 0 Å². The first kappa shape index (κ1) is 16.9. The molecule has 0 unspecified atom stereocenters. The minimum Gasteiger partial charge on any atom is -0.349 e. The Bertz CT molecular complexity index is 638. The second-order valence-electron chi connectivity index (χ2n) is 5.75. The lowest BCUT2D eigenvalue weighted by molar-refractivity contribution is -0.134. The van der Waals surface area contributed by atoms with Crippen molar-refractivity contribution in [2.45, 2.75) is 18.6 Å². The molecule has 0 atom stereocenters. The van der Waals surface area contributed by atoms with Gasteiger partial charge >= 0.3 is 0 Å². The van der Waals surface area contributed by atoms with Crippen LogP contribution in [-0.2, 0) is 20.6 Å². The van der Waals surface area contributed by atoms with Crippen LogP contribution in [0.15, 0.2) is 24.3 Å². The summed E-state index contributed by atoms with van der Waals surface area (Å²) < 4.78 is 39.7. The molecule has 0 spiro atoms. The van der Waals surface area contributed by atoms with Crippen molar-refractivity contribution in [3.8, 4) is 0 Å². The Morgan fingerprint density at radius 2 is 1.86 bits per heavy atom. The molecule has 0 N–H and O–H groups in total. The third-order valence-electron chi connectivity index (χ3n) is 3.93. The standard InChI is InChI=1S/C15H21FN2O3S/c1-17(2)15(19)12-7-9-18(10-8-12)22(20,21)11-13-5-3-4-6-14(13)16/h3-6,12H,7-11H2,1-2H3. The summed E-state index contributed by atoms with van der Waals surface area (Å²) in [4.78, 5) is 13.4. The van der Waals surface area contributed by atoms with E-state index >= 15 is 0 Å². The lowest BCUT2D eigenvalue weighted by Crippen LogP contribution is -2.43. The van der Waals surface area contributed by atoms with Crippen molar-refractivity contribution in [3.63, 3.8) is 0 Å². The molecule has 0 aromatic heterocycles. The van der Waals surface area contributed by atoms with Crippen molar-refractivity contribution in [3.05, 3.63) is 35.6 Å². The van der Waals surface area contributed by atoms with Crippen LogP contribution in [-0.4, -0.2) is 50.7 Å². The fourth-order valence-corrected chi connectivity index (χ4v) is 4.23. The van der Waals surface area contributed by atoms with E-state index in [2.05, 4.69) is 0 Å². The van der Waals surface area contributed by atoms with E-state index in [-0.39, 0.29) is 23.1 Å². The zero-order chi connectivity index (χ0) is 16.3. The average molecular weight is 328 g/mol. The van der Waals surface area contributed by atoms with Gasteiger partial charge in [0.1, 0.15) is 5.82 Å². The zero-order valence-corrected chi connectivity index (χ0v) is 13.6. The van der Waals surface area contributed by atoms with E-state index in [0.29, 0.717) is 25.9 Å². The molecule has 122 valence electrons. The minimum atomic E-state index is -3.56. The molecular formula is C15H21FN2O3S. The van der Waals surface area contributed by atoms with E-state index in [9.17, 15) is 17.6 Å². The van der Waals surface area contributed by atoms with Crippen molar-refractivity contribution in [1.82, 2.24) is 9.21 Å². The maximum Gasteiger partial charge on any atom is 0.225 e. The van der Waals surface area contributed by atoms with Crippen LogP contribution in [0.3, 0.4) is 0 Å². The number of carbonyl (C=O) groups excluding carboxylic acids is 1. The number of halogens is 1. The molecule has 0 radical (unpaired) electrons. The number of carbonyl (C=O) groups is 1. The SMILES string of the molecule is CN(C)C(=O)C1CCN(S(=O)(=O)Cc2ccccc2F)CC1. The first-order valence-electron chi connectivity index (χ1n) is 7.23. The summed E-state index contributed by atoms with van der Waals surface area (Å²) in [7, 11) is -0.164. The predicted molar refractivity (Wildman–Crippen MR) is 82.0 cm³/mol. The summed E-state index contributed by atoms with van der Waals surface area (Å²) in [6.45, 7) is 0.613.